The van der Waals surface area contributed by atoms with Crippen LogP contribution in [0.2, 0.25) is 0 Å². The maximum atomic E-state index is 12.6. The molecule has 140 valence electrons. The van der Waals surface area contributed by atoms with Gasteiger partial charge < -0.3 is 10.4 Å². The molecule has 1 aliphatic rings. The number of hydrogen-bond acceptors (Lipinski definition) is 6. The van der Waals surface area contributed by atoms with Crippen molar-refractivity contribution in [1.82, 2.24) is 15.0 Å². The van der Waals surface area contributed by atoms with Crippen LogP contribution in [0.1, 0.15) is 30.7 Å². The lowest BCUT2D eigenvalue weighted by Crippen LogP contribution is -2.28. The van der Waals surface area contributed by atoms with Gasteiger partial charge in [-0.2, -0.15) is 0 Å². The van der Waals surface area contributed by atoms with Crippen molar-refractivity contribution in [3.05, 3.63) is 35.7 Å². The van der Waals surface area contributed by atoms with E-state index in [0.717, 1.165) is 52.0 Å². The van der Waals surface area contributed by atoms with Gasteiger partial charge in [-0.15, -0.1) is 11.3 Å². The molecule has 1 saturated carbocycles. The summed E-state index contributed by atoms with van der Waals surface area (Å²) in [6.07, 6.45) is 8.82. The molecular formula is C20H22N4O2S. The van der Waals surface area contributed by atoms with E-state index in [1.54, 1.807) is 17.5 Å². The van der Waals surface area contributed by atoms with E-state index in [0.29, 0.717) is 11.7 Å². The summed E-state index contributed by atoms with van der Waals surface area (Å²) in [6.45, 7) is 2.20. The van der Waals surface area contributed by atoms with Crippen LogP contribution < -0.4 is 5.32 Å². The Hall–Kier alpha value is -2.38. The second-order valence-electron chi connectivity index (χ2n) is 7.12. The van der Waals surface area contributed by atoms with Crippen LogP contribution in [-0.2, 0) is 4.79 Å². The Labute approximate surface area is 161 Å². The number of carbonyl (C=O) groups excluding carboxylic acids is 1. The second kappa shape index (κ2) is 7.70. The Balaban J connectivity index is 1.51. The Morgan fingerprint density at radius 2 is 1.96 bits per heavy atom. The van der Waals surface area contributed by atoms with Crippen LogP contribution in [0.25, 0.3) is 21.3 Å². The maximum Gasteiger partial charge on any atom is 0.228 e. The maximum absolute atomic E-state index is 12.6. The van der Waals surface area contributed by atoms with Crippen LogP contribution >= 0.6 is 11.3 Å². The molecule has 0 unspecified atom stereocenters. The van der Waals surface area contributed by atoms with E-state index in [-0.39, 0.29) is 18.4 Å². The van der Waals surface area contributed by atoms with Gasteiger partial charge in [-0.25, -0.2) is 9.97 Å². The highest BCUT2D eigenvalue weighted by Crippen LogP contribution is 2.30. The van der Waals surface area contributed by atoms with E-state index in [1.165, 1.54) is 0 Å². The molecular weight excluding hydrogens is 360 g/mol. The summed E-state index contributed by atoms with van der Waals surface area (Å²) in [4.78, 5) is 26.7. The molecule has 27 heavy (non-hydrogen) atoms. The Kier molecular flexibility index (Phi) is 5.13. The number of aliphatic hydroxyl groups excluding tert-OH is 1. The lowest BCUT2D eigenvalue weighted by Gasteiger charge is -2.26. The topological polar surface area (TPSA) is 88.0 Å². The number of thiazole rings is 1. The number of nitrogens with zero attached hydrogens (tertiary/aromatic N) is 3. The predicted octanol–water partition coefficient (Wildman–Crippen LogP) is 3.80. The molecule has 7 heteroatoms. The third kappa shape index (κ3) is 3.99. The molecule has 0 radical (unpaired) electrons. The van der Waals surface area contributed by atoms with Crippen LogP contribution in [0.3, 0.4) is 0 Å². The molecule has 1 aliphatic carbocycles. The first-order valence-electron chi connectivity index (χ1n) is 9.22. The molecule has 0 aromatic carbocycles. The van der Waals surface area contributed by atoms with Crippen LogP contribution in [-0.4, -0.2) is 32.6 Å². The highest BCUT2D eigenvalue weighted by molar-refractivity contribution is 7.15. The summed E-state index contributed by atoms with van der Waals surface area (Å²) in [5, 5.41) is 14.1. The Morgan fingerprint density at radius 1 is 1.15 bits per heavy atom. The minimum absolute atomic E-state index is 0.00470. The molecule has 3 aromatic rings. The van der Waals surface area contributed by atoms with Crippen LogP contribution in [0.4, 0.5) is 5.82 Å². The van der Waals surface area contributed by atoms with Gasteiger partial charge in [0.1, 0.15) is 5.82 Å². The number of fused-ring (bicyclic) bond motifs is 1. The monoisotopic (exact) mass is 382 g/mol. The molecule has 6 nitrogen and oxygen atoms in total. The number of nitrogens with one attached hydrogen (secondary N) is 1. The number of aromatic nitrogens is 3. The van der Waals surface area contributed by atoms with Gasteiger partial charge in [-0.3, -0.25) is 9.78 Å². The van der Waals surface area contributed by atoms with Gasteiger partial charge >= 0.3 is 0 Å². The van der Waals surface area contributed by atoms with Gasteiger partial charge in [-0.1, -0.05) is 0 Å². The molecule has 3 aromatic heterocycles. The number of hydrogen-bond donors (Lipinski definition) is 2. The van der Waals surface area contributed by atoms with Crippen molar-refractivity contribution in [1.29, 1.82) is 0 Å². The largest absolute Gasteiger partial charge is 0.396 e. The first-order valence-corrected chi connectivity index (χ1v) is 10.0. The van der Waals surface area contributed by atoms with Gasteiger partial charge in [0.05, 0.1) is 21.6 Å². The average molecular weight is 382 g/mol. The Morgan fingerprint density at radius 3 is 2.67 bits per heavy atom. The number of amides is 1. The molecule has 2 N–H and O–H groups in total. The smallest absolute Gasteiger partial charge is 0.228 e. The van der Waals surface area contributed by atoms with E-state index in [4.69, 9.17) is 0 Å². The molecule has 0 aliphatic heterocycles. The zero-order valence-corrected chi connectivity index (χ0v) is 16.0. The SMILES string of the molecule is Cc1ncc(-c2cnc3cnc(NC(=O)C4CCC(CO)CC4)cc3c2)s1. The number of aliphatic hydroxyl groups is 1. The minimum atomic E-state index is -0.00470. The summed E-state index contributed by atoms with van der Waals surface area (Å²) in [5.74, 6) is 0.902. The van der Waals surface area contributed by atoms with Crippen molar-refractivity contribution in [2.45, 2.75) is 32.6 Å². The zero-order valence-electron chi connectivity index (χ0n) is 15.2. The lowest BCUT2D eigenvalue weighted by molar-refractivity contribution is -0.121. The van der Waals surface area contributed by atoms with E-state index >= 15 is 0 Å². The number of anilines is 1. The normalized spacial score (nSPS) is 19.9. The van der Waals surface area contributed by atoms with Crippen molar-refractivity contribution in [2.75, 3.05) is 11.9 Å². The van der Waals surface area contributed by atoms with Crippen molar-refractivity contribution in [2.24, 2.45) is 11.8 Å². The first-order chi connectivity index (χ1) is 13.1. The summed E-state index contributed by atoms with van der Waals surface area (Å²) in [7, 11) is 0. The van der Waals surface area contributed by atoms with E-state index in [9.17, 15) is 9.90 Å². The van der Waals surface area contributed by atoms with Crippen LogP contribution in [0, 0.1) is 18.8 Å². The van der Waals surface area contributed by atoms with E-state index in [2.05, 4.69) is 26.3 Å². The lowest BCUT2D eigenvalue weighted by atomic mass is 9.82. The predicted molar refractivity (Wildman–Crippen MR) is 107 cm³/mol. The van der Waals surface area contributed by atoms with E-state index < -0.39 is 0 Å². The van der Waals surface area contributed by atoms with Gasteiger partial charge in [0.2, 0.25) is 5.91 Å². The molecule has 0 bridgehead atoms. The quantitative estimate of drug-likeness (QED) is 0.717. The van der Waals surface area contributed by atoms with Gasteiger partial charge in [-0.05, 0) is 50.7 Å². The second-order valence-corrected chi connectivity index (χ2v) is 8.35. The summed E-state index contributed by atoms with van der Waals surface area (Å²) < 4.78 is 0. The number of pyridine rings is 2. The number of carbonyl (C=O) groups is 1. The zero-order chi connectivity index (χ0) is 18.8. The highest BCUT2D eigenvalue weighted by atomic mass is 32.1. The van der Waals surface area contributed by atoms with Crippen LogP contribution in [0.15, 0.2) is 30.7 Å². The first kappa shape index (κ1) is 18.0. The van der Waals surface area contributed by atoms with Crippen molar-refractivity contribution < 1.29 is 9.90 Å². The third-order valence-electron chi connectivity index (χ3n) is 5.20. The molecule has 0 spiro atoms. The van der Waals surface area contributed by atoms with Gasteiger partial charge in [0, 0.05) is 35.9 Å². The third-order valence-corrected chi connectivity index (χ3v) is 6.16. The number of rotatable bonds is 4. The summed E-state index contributed by atoms with van der Waals surface area (Å²) in [6, 6.07) is 3.93. The Bertz CT molecular complexity index is 964. The molecule has 3 heterocycles. The number of aryl methyl sites for hydroxylation is 1. The summed E-state index contributed by atoms with van der Waals surface area (Å²) in [5.41, 5.74) is 1.81. The molecule has 4 rings (SSSR count). The highest BCUT2D eigenvalue weighted by Gasteiger charge is 2.26. The van der Waals surface area contributed by atoms with Crippen molar-refractivity contribution in [3.8, 4) is 10.4 Å². The average Bonchev–Trinajstić information content (AvgIpc) is 3.14. The van der Waals surface area contributed by atoms with Crippen molar-refractivity contribution >= 4 is 34.0 Å². The standard InChI is InChI=1S/C20H22N4O2S/c1-12-21-10-18(27-12)16-6-15-7-19(23-9-17(15)22-8-16)24-20(26)14-4-2-13(11-25)3-5-14/h6-10,13-14,25H,2-5,11H2,1H3,(H,23,24,26). The fraction of sp³-hybridized carbons (Fsp3) is 0.400. The minimum Gasteiger partial charge on any atom is -0.396 e. The van der Waals surface area contributed by atoms with Gasteiger partial charge in [0.15, 0.2) is 0 Å². The van der Waals surface area contributed by atoms with Gasteiger partial charge in [0.25, 0.3) is 0 Å². The van der Waals surface area contributed by atoms with Crippen molar-refractivity contribution in [3.63, 3.8) is 0 Å². The fourth-order valence-corrected chi connectivity index (χ4v) is 4.32. The summed E-state index contributed by atoms with van der Waals surface area (Å²) >= 11 is 1.63. The molecule has 0 saturated heterocycles. The molecule has 0 atom stereocenters. The molecule has 1 fully saturated rings. The fourth-order valence-electron chi connectivity index (χ4n) is 3.56. The van der Waals surface area contributed by atoms with E-state index in [1.807, 2.05) is 25.4 Å². The molecule has 1 amide bonds. The van der Waals surface area contributed by atoms with Crippen LogP contribution in [0.5, 0.6) is 0 Å².